The van der Waals surface area contributed by atoms with E-state index in [0.717, 1.165) is 19.4 Å². The summed E-state index contributed by atoms with van der Waals surface area (Å²) in [5, 5.41) is 0. The molecule has 0 saturated carbocycles. The lowest BCUT2D eigenvalue weighted by Crippen LogP contribution is -2.36. The van der Waals surface area contributed by atoms with Crippen LogP contribution in [0.4, 0.5) is 10.3 Å². The highest BCUT2D eigenvalue weighted by Gasteiger charge is 2.24. The Hall–Kier alpha value is -1.23. The molecule has 0 bridgehead atoms. The Balaban J connectivity index is 2.17. The minimum absolute atomic E-state index is 0.306. The Bertz CT molecular complexity index is 300. The quantitative estimate of drug-likeness (QED) is 0.750. The van der Waals surface area contributed by atoms with Crippen LogP contribution in [-0.2, 0) is 0 Å². The first-order valence-corrected chi connectivity index (χ1v) is 4.75. The molecule has 0 amide bonds. The Kier molecular flexibility index (Phi) is 2.58. The summed E-state index contributed by atoms with van der Waals surface area (Å²) in [7, 11) is 0. The van der Waals surface area contributed by atoms with Gasteiger partial charge in [-0.1, -0.05) is 0 Å². The molecule has 0 unspecified atom stereocenters. The Labute approximate surface area is 82.0 Å². The molecule has 1 aliphatic heterocycles. The highest BCUT2D eigenvalue weighted by atomic mass is 19.1. The van der Waals surface area contributed by atoms with Gasteiger partial charge in [0.2, 0.25) is 5.95 Å². The van der Waals surface area contributed by atoms with Gasteiger partial charge in [0.05, 0.1) is 12.4 Å². The second-order valence-electron chi connectivity index (χ2n) is 3.43. The molecule has 2 rings (SSSR count). The molecule has 0 aromatic carbocycles. The monoisotopic (exact) mass is 196 g/mol. The smallest absolute Gasteiger partial charge is 0.225 e. The van der Waals surface area contributed by atoms with Crippen LogP contribution in [0.1, 0.15) is 12.8 Å². The van der Waals surface area contributed by atoms with E-state index in [9.17, 15) is 4.39 Å². The van der Waals surface area contributed by atoms with E-state index < -0.39 is 5.82 Å². The van der Waals surface area contributed by atoms with Gasteiger partial charge in [-0.3, -0.25) is 0 Å². The van der Waals surface area contributed by atoms with E-state index in [0.29, 0.717) is 18.5 Å². The zero-order valence-electron chi connectivity index (χ0n) is 7.86. The summed E-state index contributed by atoms with van der Waals surface area (Å²) in [6.45, 7) is 1.51. The Morgan fingerprint density at radius 3 is 2.86 bits per heavy atom. The van der Waals surface area contributed by atoms with Crippen LogP contribution in [0.25, 0.3) is 0 Å². The molecule has 5 heteroatoms. The van der Waals surface area contributed by atoms with Crippen LogP contribution >= 0.6 is 0 Å². The summed E-state index contributed by atoms with van der Waals surface area (Å²) in [6, 6.07) is 0.306. The van der Waals surface area contributed by atoms with Crippen molar-refractivity contribution < 1.29 is 4.39 Å². The maximum atomic E-state index is 12.6. The lowest BCUT2D eigenvalue weighted by atomic mass is 10.2. The standard InChI is InChI=1S/C9H13FN4/c10-7-5-12-9(13-6-7)14-3-1-2-8(14)4-11/h5-6,8H,1-4,11H2/t8-/m0/s1. The number of anilines is 1. The maximum Gasteiger partial charge on any atom is 0.225 e. The molecule has 14 heavy (non-hydrogen) atoms. The summed E-state index contributed by atoms with van der Waals surface area (Å²) in [5.41, 5.74) is 5.62. The number of hydrogen-bond acceptors (Lipinski definition) is 4. The predicted molar refractivity (Wildman–Crippen MR) is 51.4 cm³/mol. The lowest BCUT2D eigenvalue weighted by Gasteiger charge is -2.22. The molecule has 0 radical (unpaired) electrons. The molecule has 1 aliphatic rings. The molecule has 4 nitrogen and oxygen atoms in total. The van der Waals surface area contributed by atoms with Gasteiger partial charge >= 0.3 is 0 Å². The van der Waals surface area contributed by atoms with Gasteiger partial charge in [0.25, 0.3) is 0 Å². The van der Waals surface area contributed by atoms with Gasteiger partial charge in [-0.05, 0) is 12.8 Å². The molecular weight excluding hydrogens is 183 g/mol. The van der Waals surface area contributed by atoms with Gasteiger partial charge in [0, 0.05) is 19.1 Å². The molecule has 76 valence electrons. The van der Waals surface area contributed by atoms with Gasteiger partial charge in [-0.25, -0.2) is 14.4 Å². The third-order valence-electron chi connectivity index (χ3n) is 2.51. The molecule has 1 atom stereocenters. The van der Waals surface area contributed by atoms with Crippen molar-refractivity contribution in [1.82, 2.24) is 9.97 Å². The first-order chi connectivity index (χ1) is 6.81. The van der Waals surface area contributed by atoms with Crippen molar-refractivity contribution in [1.29, 1.82) is 0 Å². The molecule has 0 aliphatic carbocycles. The van der Waals surface area contributed by atoms with Crippen molar-refractivity contribution in [3.8, 4) is 0 Å². The third-order valence-corrected chi connectivity index (χ3v) is 2.51. The first kappa shape index (κ1) is 9.33. The largest absolute Gasteiger partial charge is 0.337 e. The topological polar surface area (TPSA) is 55.0 Å². The zero-order chi connectivity index (χ0) is 9.97. The third kappa shape index (κ3) is 1.68. The van der Waals surface area contributed by atoms with Crippen LogP contribution in [0.15, 0.2) is 12.4 Å². The number of nitrogens with two attached hydrogens (primary N) is 1. The zero-order valence-corrected chi connectivity index (χ0v) is 7.86. The summed E-state index contributed by atoms with van der Waals surface area (Å²) in [4.78, 5) is 9.93. The van der Waals surface area contributed by atoms with Crippen molar-refractivity contribution in [2.75, 3.05) is 18.0 Å². The van der Waals surface area contributed by atoms with Crippen LogP contribution in [0.5, 0.6) is 0 Å². The molecule has 0 spiro atoms. The highest BCUT2D eigenvalue weighted by molar-refractivity contribution is 5.32. The van der Waals surface area contributed by atoms with Crippen LogP contribution < -0.4 is 10.6 Å². The molecule has 2 N–H and O–H groups in total. The molecule has 1 fully saturated rings. The minimum atomic E-state index is -0.405. The van der Waals surface area contributed by atoms with E-state index in [1.807, 2.05) is 4.90 Å². The second-order valence-corrected chi connectivity index (χ2v) is 3.43. The summed E-state index contributed by atoms with van der Waals surface area (Å²) < 4.78 is 12.6. The van der Waals surface area contributed by atoms with Crippen molar-refractivity contribution >= 4 is 5.95 Å². The van der Waals surface area contributed by atoms with Gasteiger partial charge < -0.3 is 10.6 Å². The van der Waals surface area contributed by atoms with E-state index in [1.165, 1.54) is 12.4 Å². The molecule has 1 aromatic heterocycles. The molecular formula is C9H13FN4. The van der Waals surface area contributed by atoms with Crippen LogP contribution in [0.2, 0.25) is 0 Å². The molecule has 2 heterocycles. The van der Waals surface area contributed by atoms with E-state index >= 15 is 0 Å². The average Bonchev–Trinajstić information content (AvgIpc) is 2.67. The fourth-order valence-corrected chi connectivity index (χ4v) is 1.80. The predicted octanol–water partition coefficient (Wildman–Crippen LogP) is 0.543. The Morgan fingerprint density at radius 1 is 1.50 bits per heavy atom. The average molecular weight is 196 g/mol. The van der Waals surface area contributed by atoms with Crippen LogP contribution in [0.3, 0.4) is 0 Å². The minimum Gasteiger partial charge on any atom is -0.337 e. The number of hydrogen-bond donors (Lipinski definition) is 1. The van der Waals surface area contributed by atoms with Crippen molar-refractivity contribution in [3.63, 3.8) is 0 Å². The summed E-state index contributed by atoms with van der Waals surface area (Å²) in [5.74, 6) is 0.177. The summed E-state index contributed by atoms with van der Waals surface area (Å²) >= 11 is 0. The van der Waals surface area contributed by atoms with Crippen LogP contribution in [0, 0.1) is 5.82 Å². The first-order valence-electron chi connectivity index (χ1n) is 4.75. The molecule has 1 aromatic rings. The van der Waals surface area contributed by atoms with Crippen molar-refractivity contribution in [2.24, 2.45) is 5.73 Å². The number of aromatic nitrogens is 2. The SMILES string of the molecule is NC[C@@H]1CCCN1c1ncc(F)cn1. The van der Waals surface area contributed by atoms with Gasteiger partial charge in [-0.2, -0.15) is 0 Å². The number of rotatable bonds is 2. The van der Waals surface area contributed by atoms with Crippen LogP contribution in [-0.4, -0.2) is 29.1 Å². The van der Waals surface area contributed by atoms with Crippen molar-refractivity contribution in [2.45, 2.75) is 18.9 Å². The molecule has 1 saturated heterocycles. The van der Waals surface area contributed by atoms with Gasteiger partial charge in [-0.15, -0.1) is 0 Å². The fraction of sp³-hybridized carbons (Fsp3) is 0.556. The summed E-state index contributed by atoms with van der Waals surface area (Å²) in [6.07, 6.45) is 4.54. The van der Waals surface area contributed by atoms with Crippen molar-refractivity contribution in [3.05, 3.63) is 18.2 Å². The number of halogens is 1. The highest BCUT2D eigenvalue weighted by Crippen LogP contribution is 2.20. The van der Waals surface area contributed by atoms with E-state index in [-0.39, 0.29) is 0 Å². The number of nitrogens with zero attached hydrogens (tertiary/aromatic N) is 3. The maximum absolute atomic E-state index is 12.6. The van der Waals surface area contributed by atoms with Gasteiger partial charge in [0.1, 0.15) is 0 Å². The fourth-order valence-electron chi connectivity index (χ4n) is 1.80. The normalized spacial score (nSPS) is 21.6. The van der Waals surface area contributed by atoms with E-state index in [4.69, 9.17) is 5.73 Å². The second kappa shape index (κ2) is 3.88. The Morgan fingerprint density at radius 2 is 2.21 bits per heavy atom. The van der Waals surface area contributed by atoms with E-state index in [2.05, 4.69) is 9.97 Å². The lowest BCUT2D eigenvalue weighted by molar-refractivity contribution is 0.607. The van der Waals surface area contributed by atoms with E-state index in [1.54, 1.807) is 0 Å². The van der Waals surface area contributed by atoms with Gasteiger partial charge in [0.15, 0.2) is 5.82 Å².